The Labute approximate surface area is 235 Å². The second-order valence-electron chi connectivity index (χ2n) is 9.88. The van der Waals surface area contributed by atoms with Crippen molar-refractivity contribution in [2.24, 2.45) is 0 Å². The van der Waals surface area contributed by atoms with E-state index in [0.29, 0.717) is 28.3 Å². The Kier molecular flexibility index (Phi) is 6.85. The van der Waals surface area contributed by atoms with Gasteiger partial charge >= 0.3 is 0 Å². The normalized spacial score (nSPS) is 12.6. The monoisotopic (exact) mass is 546 g/mol. The predicted octanol–water partition coefficient (Wildman–Crippen LogP) is 7.28. The summed E-state index contributed by atoms with van der Waals surface area (Å²) >= 11 is 0. The van der Waals surface area contributed by atoms with E-state index in [-0.39, 0.29) is 30.7 Å². The first-order chi connectivity index (χ1) is 19.8. The van der Waals surface area contributed by atoms with E-state index in [1.165, 1.54) is 41.3 Å². The number of rotatable bonds is 6. The molecule has 1 aliphatic heterocycles. The van der Waals surface area contributed by atoms with E-state index in [9.17, 15) is 18.4 Å². The van der Waals surface area contributed by atoms with E-state index in [4.69, 9.17) is 9.72 Å². The molecule has 202 valence electrons. The number of hydrogen-bond acceptors (Lipinski definition) is 4. The number of ether oxygens (including phenoxy) is 1. The number of anilines is 1. The van der Waals surface area contributed by atoms with Gasteiger partial charge in [-0.1, -0.05) is 42.0 Å². The molecule has 1 aromatic heterocycles. The van der Waals surface area contributed by atoms with Crippen LogP contribution in [0.2, 0.25) is 0 Å². The summed E-state index contributed by atoms with van der Waals surface area (Å²) in [6.07, 6.45) is 0. The lowest BCUT2D eigenvalue weighted by atomic mass is 9.99. The minimum absolute atomic E-state index is 0.196. The molecule has 0 radical (unpaired) electrons. The fourth-order valence-corrected chi connectivity index (χ4v) is 4.77. The minimum Gasteiger partial charge on any atom is -0.482 e. The molecule has 6 rings (SSSR count). The van der Waals surface area contributed by atoms with Gasteiger partial charge in [0.15, 0.2) is 12.4 Å². The number of pyridine rings is 1. The zero-order valence-electron chi connectivity index (χ0n) is 22.1. The number of nitrogens with zero attached hydrogens (tertiary/aromatic N) is 2. The number of amides is 1. The molecule has 0 N–H and O–H groups in total. The van der Waals surface area contributed by atoms with Gasteiger partial charge < -0.3 is 4.74 Å². The molecule has 1 amide bonds. The van der Waals surface area contributed by atoms with E-state index in [0.717, 1.165) is 27.9 Å². The van der Waals surface area contributed by atoms with Crippen LogP contribution in [0.25, 0.3) is 33.6 Å². The third-order valence-electron chi connectivity index (χ3n) is 7.02. The van der Waals surface area contributed by atoms with Crippen LogP contribution in [0.3, 0.4) is 0 Å². The highest BCUT2D eigenvalue weighted by atomic mass is 19.1. The quantitative estimate of drug-likeness (QED) is 0.210. The van der Waals surface area contributed by atoms with Crippen LogP contribution < -0.4 is 9.64 Å². The van der Waals surface area contributed by atoms with Crippen LogP contribution in [0, 0.1) is 18.6 Å². The second kappa shape index (κ2) is 10.8. The van der Waals surface area contributed by atoms with Gasteiger partial charge in [-0.15, -0.1) is 0 Å². The maximum atomic E-state index is 13.7. The lowest BCUT2D eigenvalue weighted by Crippen LogP contribution is -2.42. The van der Waals surface area contributed by atoms with Gasteiger partial charge in [-0.2, -0.15) is 0 Å². The van der Waals surface area contributed by atoms with Gasteiger partial charge in [0.05, 0.1) is 23.6 Å². The Morgan fingerprint density at radius 2 is 1.34 bits per heavy atom. The minimum atomic E-state index is -0.445. The molecule has 1 aliphatic rings. The van der Waals surface area contributed by atoms with E-state index >= 15 is 0 Å². The highest BCUT2D eigenvalue weighted by Gasteiger charge is 2.28. The number of aryl methyl sites for hydroxylation is 1. The van der Waals surface area contributed by atoms with Crippen LogP contribution in [-0.4, -0.2) is 29.8 Å². The van der Waals surface area contributed by atoms with Crippen molar-refractivity contribution < 1.29 is 23.1 Å². The molecule has 5 nitrogen and oxygen atoms in total. The number of Topliss-reactive ketones (excluding diaryl/α,β-unsaturated/α-hetero) is 1. The van der Waals surface area contributed by atoms with Crippen LogP contribution in [0.15, 0.2) is 103 Å². The number of carbonyl (C=O) groups is 2. The molecule has 7 heteroatoms. The third kappa shape index (κ3) is 5.47. The van der Waals surface area contributed by atoms with Crippen molar-refractivity contribution in [3.05, 3.63) is 126 Å². The molecule has 5 aromatic rings. The molecule has 4 aromatic carbocycles. The summed E-state index contributed by atoms with van der Waals surface area (Å²) in [7, 11) is 0. The first-order valence-corrected chi connectivity index (χ1v) is 13.1. The van der Waals surface area contributed by atoms with E-state index in [1.54, 1.807) is 24.3 Å². The number of fused-ring (bicyclic) bond motifs is 1. The molecule has 0 aliphatic carbocycles. The Balaban J connectivity index is 1.42. The summed E-state index contributed by atoms with van der Waals surface area (Å²) in [5.41, 5.74) is 6.54. The smallest absolute Gasteiger partial charge is 0.265 e. The SMILES string of the molecule is Cc1ccc(-c2cc(-c3ccc(F)cc3)cc(-c3ccc4c(c3)N(CC(=O)c3ccc(F)cc3)C(=O)CO4)n2)cc1. The molecule has 2 heterocycles. The van der Waals surface area contributed by atoms with Gasteiger partial charge in [-0.05, 0) is 84.8 Å². The van der Waals surface area contributed by atoms with Crippen LogP contribution in [0.4, 0.5) is 14.5 Å². The molecule has 0 bridgehead atoms. The summed E-state index contributed by atoms with van der Waals surface area (Å²) in [4.78, 5) is 32.2. The Morgan fingerprint density at radius 3 is 2.02 bits per heavy atom. The summed E-state index contributed by atoms with van der Waals surface area (Å²) in [6.45, 7) is 1.60. The number of ketones is 1. The van der Waals surface area contributed by atoms with Crippen molar-refractivity contribution in [2.45, 2.75) is 6.92 Å². The van der Waals surface area contributed by atoms with Crippen LogP contribution in [0.5, 0.6) is 5.75 Å². The maximum absolute atomic E-state index is 13.7. The highest BCUT2D eigenvalue weighted by Crippen LogP contribution is 2.37. The average Bonchev–Trinajstić information content (AvgIpc) is 2.99. The number of carbonyl (C=O) groups excluding carboxylic acids is 2. The van der Waals surface area contributed by atoms with Gasteiger partial charge in [-0.3, -0.25) is 14.5 Å². The van der Waals surface area contributed by atoms with E-state index in [1.807, 2.05) is 49.4 Å². The summed E-state index contributed by atoms with van der Waals surface area (Å²) in [6, 6.07) is 28.8. The average molecular weight is 547 g/mol. The lowest BCUT2D eigenvalue weighted by Gasteiger charge is -2.29. The second-order valence-corrected chi connectivity index (χ2v) is 9.88. The Bertz CT molecular complexity index is 1700. The van der Waals surface area contributed by atoms with Gasteiger partial charge in [0.25, 0.3) is 5.91 Å². The fraction of sp³-hybridized carbons (Fsp3) is 0.0882. The molecular weight excluding hydrogens is 522 g/mol. The number of halogens is 2. The van der Waals surface area contributed by atoms with Crippen LogP contribution in [-0.2, 0) is 4.79 Å². The van der Waals surface area contributed by atoms with Crippen molar-refractivity contribution in [3.8, 4) is 39.4 Å². The summed E-state index contributed by atoms with van der Waals surface area (Å²) < 4.78 is 32.7. The molecule has 0 fully saturated rings. The first-order valence-electron chi connectivity index (χ1n) is 13.1. The molecule has 0 saturated carbocycles. The van der Waals surface area contributed by atoms with Gasteiger partial charge in [-0.25, -0.2) is 13.8 Å². The molecular formula is C34H24F2N2O3. The summed E-state index contributed by atoms with van der Waals surface area (Å²) in [5.74, 6) is -0.988. The van der Waals surface area contributed by atoms with Gasteiger partial charge in [0, 0.05) is 16.7 Å². The zero-order valence-corrected chi connectivity index (χ0v) is 22.1. The lowest BCUT2D eigenvalue weighted by molar-refractivity contribution is -0.121. The van der Waals surface area contributed by atoms with Gasteiger partial charge in [0.2, 0.25) is 0 Å². The third-order valence-corrected chi connectivity index (χ3v) is 7.02. The molecule has 41 heavy (non-hydrogen) atoms. The number of hydrogen-bond donors (Lipinski definition) is 0. The maximum Gasteiger partial charge on any atom is 0.265 e. The summed E-state index contributed by atoms with van der Waals surface area (Å²) in [5, 5.41) is 0. The topological polar surface area (TPSA) is 59.5 Å². The van der Waals surface area contributed by atoms with E-state index < -0.39 is 5.82 Å². The molecule has 0 atom stereocenters. The fourth-order valence-electron chi connectivity index (χ4n) is 4.77. The first kappa shape index (κ1) is 26.1. The number of aromatic nitrogens is 1. The van der Waals surface area contributed by atoms with Gasteiger partial charge in [0.1, 0.15) is 17.4 Å². The van der Waals surface area contributed by atoms with Crippen LogP contribution in [0.1, 0.15) is 15.9 Å². The molecule has 0 unspecified atom stereocenters. The molecule has 0 saturated heterocycles. The zero-order chi connectivity index (χ0) is 28.5. The largest absolute Gasteiger partial charge is 0.482 e. The van der Waals surface area contributed by atoms with Crippen molar-refractivity contribution in [3.63, 3.8) is 0 Å². The van der Waals surface area contributed by atoms with Crippen molar-refractivity contribution in [2.75, 3.05) is 18.1 Å². The highest BCUT2D eigenvalue weighted by molar-refractivity contribution is 6.07. The Hall–Kier alpha value is -5.17. The predicted molar refractivity (Wildman–Crippen MR) is 154 cm³/mol. The van der Waals surface area contributed by atoms with Crippen molar-refractivity contribution >= 4 is 17.4 Å². The van der Waals surface area contributed by atoms with Crippen molar-refractivity contribution in [1.29, 1.82) is 0 Å². The molecule has 0 spiro atoms. The Morgan fingerprint density at radius 1 is 0.756 bits per heavy atom. The van der Waals surface area contributed by atoms with E-state index in [2.05, 4.69) is 0 Å². The van der Waals surface area contributed by atoms with Crippen molar-refractivity contribution in [1.82, 2.24) is 4.98 Å². The standard InChI is InChI=1S/C34H24F2N2O3/c1-21-2-4-23(5-3-21)29-16-26(22-6-11-27(35)12-7-22)17-30(37-29)25-10-15-33-31(18-25)38(34(40)20-41-33)19-32(39)24-8-13-28(36)14-9-24/h2-18H,19-20H2,1H3. The van der Waals surface area contributed by atoms with Crippen LogP contribution >= 0.6 is 0 Å². The number of benzene rings is 4.